The van der Waals surface area contributed by atoms with E-state index >= 15 is 0 Å². The molecular weight excluding hydrogens is 279 g/mol. The Morgan fingerprint density at radius 1 is 1.30 bits per heavy atom. The third kappa shape index (κ3) is 5.65. The lowest BCUT2D eigenvalue weighted by molar-refractivity contribution is -0.385. The van der Waals surface area contributed by atoms with Gasteiger partial charge in [0.25, 0.3) is 5.69 Å². The third-order valence-electron chi connectivity index (χ3n) is 2.28. The van der Waals surface area contributed by atoms with Crippen molar-refractivity contribution >= 4 is 11.6 Å². The van der Waals surface area contributed by atoms with Gasteiger partial charge in [0.15, 0.2) is 0 Å². The lowest BCUT2D eigenvalue weighted by Gasteiger charge is -2.09. The summed E-state index contributed by atoms with van der Waals surface area (Å²) in [7, 11) is 0. The molecule has 0 unspecified atom stereocenters. The van der Waals surface area contributed by atoms with Crippen molar-refractivity contribution < 1.29 is 22.9 Å². The summed E-state index contributed by atoms with van der Waals surface area (Å²) in [5, 5.41) is 14.9. The van der Waals surface area contributed by atoms with Crippen molar-refractivity contribution in [1.29, 1.82) is 0 Å². The SMILES string of the molecule is O=C(CNCC(F)(F)F)NCc1ccccc1[N+](=O)[O-]. The Morgan fingerprint density at radius 2 is 1.95 bits per heavy atom. The summed E-state index contributed by atoms with van der Waals surface area (Å²) in [6, 6.07) is 5.79. The van der Waals surface area contributed by atoms with Crippen molar-refractivity contribution in [1.82, 2.24) is 10.6 Å². The van der Waals surface area contributed by atoms with Crippen LogP contribution in [0.1, 0.15) is 5.56 Å². The molecule has 0 heterocycles. The molecule has 110 valence electrons. The molecule has 0 bridgehead atoms. The minimum atomic E-state index is -4.39. The number of halogens is 3. The molecule has 0 saturated carbocycles. The van der Waals surface area contributed by atoms with Crippen LogP contribution in [-0.4, -0.2) is 30.1 Å². The molecule has 0 radical (unpaired) electrons. The Balaban J connectivity index is 2.44. The Kier molecular flexibility index (Phi) is 5.44. The number of hydrogen-bond acceptors (Lipinski definition) is 4. The van der Waals surface area contributed by atoms with Crippen LogP contribution in [0.15, 0.2) is 24.3 Å². The molecule has 0 aromatic heterocycles. The molecule has 0 aliphatic heterocycles. The van der Waals surface area contributed by atoms with Crippen molar-refractivity contribution in [2.75, 3.05) is 13.1 Å². The van der Waals surface area contributed by atoms with E-state index in [1.807, 2.05) is 5.32 Å². The van der Waals surface area contributed by atoms with E-state index in [1.165, 1.54) is 18.2 Å². The van der Waals surface area contributed by atoms with Crippen molar-refractivity contribution in [2.24, 2.45) is 0 Å². The number of nitro groups is 1. The summed E-state index contributed by atoms with van der Waals surface area (Å²) >= 11 is 0. The standard InChI is InChI=1S/C11H12F3N3O3/c12-11(13,14)7-15-6-10(18)16-5-8-3-1-2-4-9(8)17(19)20/h1-4,15H,5-7H2,(H,16,18). The smallest absolute Gasteiger partial charge is 0.351 e. The van der Waals surface area contributed by atoms with Crippen LogP contribution in [0.3, 0.4) is 0 Å². The molecule has 20 heavy (non-hydrogen) atoms. The lowest BCUT2D eigenvalue weighted by atomic mass is 10.2. The van der Waals surface area contributed by atoms with E-state index in [4.69, 9.17) is 0 Å². The molecular formula is C11H12F3N3O3. The van der Waals surface area contributed by atoms with Crippen molar-refractivity contribution in [3.8, 4) is 0 Å². The van der Waals surface area contributed by atoms with Crippen LogP contribution in [0.25, 0.3) is 0 Å². The fourth-order valence-electron chi connectivity index (χ4n) is 1.41. The fraction of sp³-hybridized carbons (Fsp3) is 0.364. The van der Waals surface area contributed by atoms with Crippen LogP contribution in [-0.2, 0) is 11.3 Å². The highest BCUT2D eigenvalue weighted by Crippen LogP contribution is 2.17. The lowest BCUT2D eigenvalue weighted by Crippen LogP contribution is -2.38. The van der Waals surface area contributed by atoms with Gasteiger partial charge in [-0.3, -0.25) is 14.9 Å². The van der Waals surface area contributed by atoms with Crippen LogP contribution in [0.4, 0.5) is 18.9 Å². The average molecular weight is 291 g/mol. The first-order valence-electron chi connectivity index (χ1n) is 5.56. The van der Waals surface area contributed by atoms with Gasteiger partial charge in [0.05, 0.1) is 18.0 Å². The molecule has 1 aromatic rings. The number of rotatable bonds is 6. The van der Waals surface area contributed by atoms with Gasteiger partial charge in [-0.25, -0.2) is 0 Å². The van der Waals surface area contributed by atoms with E-state index in [2.05, 4.69) is 5.32 Å². The highest BCUT2D eigenvalue weighted by atomic mass is 19.4. The summed E-state index contributed by atoms with van der Waals surface area (Å²) in [5.41, 5.74) is 0.123. The van der Waals surface area contributed by atoms with Crippen LogP contribution in [0, 0.1) is 10.1 Å². The largest absolute Gasteiger partial charge is 0.401 e. The van der Waals surface area contributed by atoms with Crippen molar-refractivity contribution in [3.05, 3.63) is 39.9 Å². The van der Waals surface area contributed by atoms with E-state index in [0.717, 1.165) is 0 Å². The summed E-state index contributed by atoms with van der Waals surface area (Å²) in [6.45, 7) is -1.91. The van der Waals surface area contributed by atoms with Gasteiger partial charge >= 0.3 is 6.18 Å². The maximum Gasteiger partial charge on any atom is 0.401 e. The molecule has 1 amide bonds. The number of alkyl halides is 3. The molecule has 0 spiro atoms. The van der Waals surface area contributed by atoms with Gasteiger partial charge in [-0.2, -0.15) is 13.2 Å². The number of nitrogens with zero attached hydrogens (tertiary/aromatic N) is 1. The van der Waals surface area contributed by atoms with Crippen LogP contribution in [0.2, 0.25) is 0 Å². The minimum Gasteiger partial charge on any atom is -0.351 e. The molecule has 0 saturated heterocycles. The zero-order chi connectivity index (χ0) is 15.2. The van der Waals surface area contributed by atoms with E-state index in [0.29, 0.717) is 0 Å². The van der Waals surface area contributed by atoms with Gasteiger partial charge in [-0.15, -0.1) is 0 Å². The predicted molar refractivity (Wildman–Crippen MR) is 63.9 cm³/mol. The number of carbonyl (C=O) groups is 1. The first-order chi connectivity index (χ1) is 9.29. The molecule has 0 fully saturated rings. The highest BCUT2D eigenvalue weighted by Gasteiger charge is 2.26. The quantitative estimate of drug-likeness (QED) is 0.612. The van der Waals surface area contributed by atoms with Crippen molar-refractivity contribution in [2.45, 2.75) is 12.7 Å². The Hall–Kier alpha value is -2.16. The third-order valence-corrected chi connectivity index (χ3v) is 2.28. The highest BCUT2D eigenvalue weighted by molar-refractivity contribution is 5.78. The van der Waals surface area contributed by atoms with Gasteiger partial charge in [0.1, 0.15) is 0 Å². The molecule has 0 atom stereocenters. The summed E-state index contributed by atoms with van der Waals surface area (Å²) < 4.78 is 35.5. The number of carbonyl (C=O) groups excluding carboxylic acids is 1. The van der Waals surface area contributed by atoms with Crippen molar-refractivity contribution in [3.63, 3.8) is 0 Å². The normalized spacial score (nSPS) is 11.2. The number of hydrogen-bond donors (Lipinski definition) is 2. The van der Waals surface area contributed by atoms with Crippen LogP contribution >= 0.6 is 0 Å². The first kappa shape index (κ1) is 15.9. The minimum absolute atomic E-state index is 0.121. The number of nitro benzene ring substituents is 1. The predicted octanol–water partition coefficient (Wildman–Crippen LogP) is 1.36. The molecule has 2 N–H and O–H groups in total. The monoisotopic (exact) mass is 291 g/mol. The van der Waals surface area contributed by atoms with Crippen LogP contribution in [0.5, 0.6) is 0 Å². The maximum atomic E-state index is 11.8. The molecule has 1 rings (SSSR count). The topological polar surface area (TPSA) is 84.3 Å². The Labute approximate surface area is 112 Å². The van der Waals surface area contributed by atoms with E-state index < -0.39 is 30.1 Å². The zero-order valence-electron chi connectivity index (χ0n) is 10.2. The first-order valence-corrected chi connectivity index (χ1v) is 5.56. The summed E-state index contributed by atoms with van der Waals surface area (Å²) in [6.07, 6.45) is -4.39. The van der Waals surface area contributed by atoms with Gasteiger partial charge in [0.2, 0.25) is 5.91 Å². The number of amides is 1. The second-order valence-corrected chi connectivity index (χ2v) is 3.88. The van der Waals surface area contributed by atoms with E-state index in [-0.39, 0.29) is 17.8 Å². The Bertz CT molecular complexity index is 491. The number of para-hydroxylation sites is 1. The molecule has 0 aliphatic carbocycles. The molecule has 9 heteroatoms. The van der Waals surface area contributed by atoms with Gasteiger partial charge in [-0.1, -0.05) is 18.2 Å². The summed E-state index contributed by atoms with van der Waals surface area (Å²) in [5.74, 6) is -0.674. The average Bonchev–Trinajstić information content (AvgIpc) is 2.35. The molecule has 6 nitrogen and oxygen atoms in total. The fourth-order valence-corrected chi connectivity index (χ4v) is 1.41. The van der Waals surface area contributed by atoms with Gasteiger partial charge in [0, 0.05) is 18.2 Å². The number of benzene rings is 1. The number of nitrogens with one attached hydrogen (secondary N) is 2. The van der Waals surface area contributed by atoms with E-state index in [1.54, 1.807) is 6.07 Å². The van der Waals surface area contributed by atoms with Crippen LogP contribution < -0.4 is 10.6 Å². The molecule has 1 aromatic carbocycles. The Morgan fingerprint density at radius 3 is 2.55 bits per heavy atom. The van der Waals surface area contributed by atoms with E-state index in [9.17, 15) is 28.1 Å². The second-order valence-electron chi connectivity index (χ2n) is 3.88. The maximum absolute atomic E-state index is 11.8. The second kappa shape index (κ2) is 6.85. The zero-order valence-corrected chi connectivity index (χ0v) is 10.2. The van der Waals surface area contributed by atoms with Gasteiger partial charge < -0.3 is 10.6 Å². The summed E-state index contributed by atoms with van der Waals surface area (Å²) in [4.78, 5) is 21.4. The van der Waals surface area contributed by atoms with Gasteiger partial charge in [-0.05, 0) is 0 Å². The molecule has 0 aliphatic rings.